The molecule has 3 nitrogen and oxygen atoms in total. The molecule has 3 heteroatoms. The van der Waals surface area contributed by atoms with Gasteiger partial charge in [-0.3, -0.25) is 0 Å². The highest BCUT2D eigenvalue weighted by Gasteiger charge is 2.14. The molecule has 1 N–H and O–H groups in total. The van der Waals surface area contributed by atoms with Crippen LogP contribution in [0.5, 0.6) is 0 Å². The number of rotatable bonds is 7. The summed E-state index contributed by atoms with van der Waals surface area (Å²) < 4.78 is 5.57. The van der Waals surface area contributed by atoms with Crippen molar-refractivity contribution in [1.82, 2.24) is 10.2 Å². The van der Waals surface area contributed by atoms with Crippen molar-refractivity contribution in [1.29, 1.82) is 0 Å². The molecule has 1 heterocycles. The van der Waals surface area contributed by atoms with Gasteiger partial charge in [-0.25, -0.2) is 0 Å². The SMILES string of the molecule is CC(C)N(C)CCNCCC1CCCO1. The first kappa shape index (κ1) is 12.9. The fraction of sp³-hybridized carbons (Fsp3) is 1.00. The van der Waals surface area contributed by atoms with Crippen LogP contribution in [0.25, 0.3) is 0 Å². The molecule has 1 atom stereocenters. The second-order valence-electron chi connectivity index (χ2n) is 4.75. The summed E-state index contributed by atoms with van der Waals surface area (Å²) in [6, 6.07) is 0.643. The topological polar surface area (TPSA) is 24.5 Å². The first-order chi connectivity index (χ1) is 7.20. The molecule has 1 rings (SSSR count). The molecule has 1 unspecified atom stereocenters. The Morgan fingerprint density at radius 1 is 1.40 bits per heavy atom. The van der Waals surface area contributed by atoms with Crippen LogP contribution in [0.15, 0.2) is 0 Å². The minimum Gasteiger partial charge on any atom is -0.378 e. The van der Waals surface area contributed by atoms with Gasteiger partial charge in [0.1, 0.15) is 0 Å². The molecule has 1 saturated heterocycles. The van der Waals surface area contributed by atoms with Gasteiger partial charge in [0.05, 0.1) is 6.10 Å². The zero-order chi connectivity index (χ0) is 11.1. The second kappa shape index (κ2) is 7.20. The van der Waals surface area contributed by atoms with Crippen LogP contribution in [0.1, 0.15) is 33.1 Å². The van der Waals surface area contributed by atoms with Gasteiger partial charge in [0.2, 0.25) is 0 Å². The smallest absolute Gasteiger partial charge is 0.0588 e. The lowest BCUT2D eigenvalue weighted by molar-refractivity contribution is 0.104. The lowest BCUT2D eigenvalue weighted by Crippen LogP contribution is -2.34. The van der Waals surface area contributed by atoms with E-state index < -0.39 is 0 Å². The Morgan fingerprint density at radius 3 is 2.80 bits per heavy atom. The summed E-state index contributed by atoms with van der Waals surface area (Å²) in [5, 5.41) is 3.48. The summed E-state index contributed by atoms with van der Waals surface area (Å²) in [4.78, 5) is 2.36. The fourth-order valence-electron chi connectivity index (χ4n) is 1.77. The zero-order valence-electron chi connectivity index (χ0n) is 10.5. The number of likely N-dealkylation sites (N-methyl/N-ethyl adjacent to an activating group) is 1. The lowest BCUT2D eigenvalue weighted by atomic mass is 10.2. The van der Waals surface area contributed by atoms with Crippen LogP contribution < -0.4 is 5.32 Å². The van der Waals surface area contributed by atoms with Crippen molar-refractivity contribution < 1.29 is 4.74 Å². The Morgan fingerprint density at radius 2 is 2.20 bits per heavy atom. The molecule has 1 aliphatic rings. The normalized spacial score (nSPS) is 21.8. The largest absolute Gasteiger partial charge is 0.378 e. The van der Waals surface area contributed by atoms with Crippen molar-refractivity contribution in [2.75, 3.05) is 33.3 Å². The third-order valence-electron chi connectivity index (χ3n) is 3.19. The summed E-state index contributed by atoms with van der Waals surface area (Å²) in [6.07, 6.45) is 4.21. The van der Waals surface area contributed by atoms with Gasteiger partial charge >= 0.3 is 0 Å². The third-order valence-corrected chi connectivity index (χ3v) is 3.19. The number of ether oxygens (including phenoxy) is 1. The summed E-state index contributed by atoms with van der Waals surface area (Å²) in [7, 11) is 2.17. The van der Waals surface area contributed by atoms with Crippen molar-refractivity contribution in [2.24, 2.45) is 0 Å². The van der Waals surface area contributed by atoms with Gasteiger partial charge in [-0.2, -0.15) is 0 Å². The number of nitrogens with zero attached hydrogens (tertiary/aromatic N) is 1. The van der Waals surface area contributed by atoms with E-state index in [2.05, 4.69) is 31.1 Å². The third kappa shape index (κ3) is 5.50. The summed E-state index contributed by atoms with van der Waals surface area (Å²) in [5.41, 5.74) is 0. The van der Waals surface area contributed by atoms with Crippen LogP contribution in [0.3, 0.4) is 0 Å². The maximum absolute atomic E-state index is 5.57. The average molecular weight is 214 g/mol. The fourth-order valence-corrected chi connectivity index (χ4v) is 1.77. The molecular formula is C12H26N2O. The predicted octanol–water partition coefficient (Wildman–Crippen LogP) is 1.49. The van der Waals surface area contributed by atoms with Gasteiger partial charge in [-0.05, 0) is 46.7 Å². The predicted molar refractivity (Wildman–Crippen MR) is 64.2 cm³/mol. The number of hydrogen-bond acceptors (Lipinski definition) is 3. The summed E-state index contributed by atoms with van der Waals surface area (Å²) in [5.74, 6) is 0. The zero-order valence-corrected chi connectivity index (χ0v) is 10.5. The highest BCUT2D eigenvalue weighted by atomic mass is 16.5. The van der Waals surface area contributed by atoms with E-state index in [-0.39, 0.29) is 0 Å². The van der Waals surface area contributed by atoms with Crippen LogP contribution in [0.2, 0.25) is 0 Å². The van der Waals surface area contributed by atoms with Gasteiger partial charge in [-0.15, -0.1) is 0 Å². The second-order valence-corrected chi connectivity index (χ2v) is 4.75. The van der Waals surface area contributed by atoms with Crippen molar-refractivity contribution >= 4 is 0 Å². The Hall–Kier alpha value is -0.120. The maximum atomic E-state index is 5.57. The van der Waals surface area contributed by atoms with E-state index in [1.807, 2.05) is 0 Å². The lowest BCUT2D eigenvalue weighted by Gasteiger charge is -2.21. The quantitative estimate of drug-likeness (QED) is 0.650. The molecule has 0 bridgehead atoms. The molecule has 0 spiro atoms. The minimum absolute atomic E-state index is 0.528. The van der Waals surface area contributed by atoms with Crippen molar-refractivity contribution in [3.05, 3.63) is 0 Å². The molecule has 0 aromatic rings. The molecule has 0 radical (unpaired) electrons. The molecule has 90 valence electrons. The Kier molecular flexibility index (Phi) is 6.22. The van der Waals surface area contributed by atoms with E-state index in [1.54, 1.807) is 0 Å². The first-order valence-corrected chi connectivity index (χ1v) is 6.22. The number of nitrogens with one attached hydrogen (secondary N) is 1. The molecule has 0 aromatic heterocycles. The molecule has 0 saturated carbocycles. The van der Waals surface area contributed by atoms with Crippen molar-refractivity contribution in [3.8, 4) is 0 Å². The van der Waals surface area contributed by atoms with Gasteiger partial charge in [0, 0.05) is 25.7 Å². The molecule has 1 aliphatic heterocycles. The van der Waals surface area contributed by atoms with E-state index in [0.29, 0.717) is 12.1 Å². The number of hydrogen-bond donors (Lipinski definition) is 1. The molecule has 0 aliphatic carbocycles. The van der Waals surface area contributed by atoms with E-state index in [0.717, 1.165) is 26.2 Å². The van der Waals surface area contributed by atoms with Crippen LogP contribution in [-0.2, 0) is 4.74 Å². The minimum atomic E-state index is 0.528. The van der Waals surface area contributed by atoms with Gasteiger partial charge in [-0.1, -0.05) is 0 Å². The van der Waals surface area contributed by atoms with Crippen molar-refractivity contribution in [2.45, 2.75) is 45.3 Å². The highest BCUT2D eigenvalue weighted by Crippen LogP contribution is 2.14. The molecule has 1 fully saturated rings. The van der Waals surface area contributed by atoms with Crippen molar-refractivity contribution in [3.63, 3.8) is 0 Å². The average Bonchev–Trinajstić information content (AvgIpc) is 2.69. The van der Waals surface area contributed by atoms with Gasteiger partial charge in [0.25, 0.3) is 0 Å². The Labute approximate surface area is 94.2 Å². The van der Waals surface area contributed by atoms with E-state index in [1.165, 1.54) is 19.3 Å². The van der Waals surface area contributed by atoms with Crippen LogP contribution >= 0.6 is 0 Å². The standard InChI is InChI=1S/C12H26N2O/c1-11(2)14(3)9-8-13-7-6-12-5-4-10-15-12/h11-13H,4-10H2,1-3H3. The molecule has 0 aromatic carbocycles. The van der Waals surface area contributed by atoms with E-state index in [9.17, 15) is 0 Å². The van der Waals surface area contributed by atoms with Crippen LogP contribution in [0.4, 0.5) is 0 Å². The monoisotopic (exact) mass is 214 g/mol. The Bertz CT molecular complexity index is 152. The van der Waals surface area contributed by atoms with Gasteiger partial charge < -0.3 is 15.0 Å². The first-order valence-electron chi connectivity index (χ1n) is 6.22. The molecule has 0 amide bonds. The van der Waals surface area contributed by atoms with E-state index >= 15 is 0 Å². The highest BCUT2D eigenvalue weighted by molar-refractivity contribution is 4.66. The summed E-state index contributed by atoms with van der Waals surface area (Å²) in [6.45, 7) is 8.74. The Balaban J connectivity index is 1.88. The molecular weight excluding hydrogens is 188 g/mol. The van der Waals surface area contributed by atoms with E-state index in [4.69, 9.17) is 4.74 Å². The van der Waals surface area contributed by atoms with Gasteiger partial charge in [0.15, 0.2) is 0 Å². The van der Waals surface area contributed by atoms with Crippen LogP contribution in [0, 0.1) is 0 Å². The van der Waals surface area contributed by atoms with Crippen LogP contribution in [-0.4, -0.2) is 50.3 Å². The molecule has 15 heavy (non-hydrogen) atoms. The maximum Gasteiger partial charge on any atom is 0.0588 e. The summed E-state index contributed by atoms with van der Waals surface area (Å²) >= 11 is 0.